The van der Waals surface area contributed by atoms with Crippen molar-refractivity contribution >= 4 is 34.0 Å². The van der Waals surface area contributed by atoms with E-state index in [0.29, 0.717) is 16.6 Å². The lowest BCUT2D eigenvalue weighted by Gasteiger charge is -2.26. The minimum atomic E-state index is -0.129. The van der Waals surface area contributed by atoms with E-state index >= 15 is 0 Å². The van der Waals surface area contributed by atoms with Crippen molar-refractivity contribution in [2.75, 3.05) is 23.6 Å². The van der Waals surface area contributed by atoms with Crippen molar-refractivity contribution in [3.63, 3.8) is 0 Å². The third kappa shape index (κ3) is 4.50. The number of nitrogens with one attached hydrogen (secondary N) is 1. The average Bonchev–Trinajstić information content (AvgIpc) is 3.63. The number of carbonyl (C=O) groups excluding carboxylic acids is 2. The maximum absolute atomic E-state index is 13.1. The van der Waals surface area contributed by atoms with Gasteiger partial charge >= 0.3 is 0 Å². The summed E-state index contributed by atoms with van der Waals surface area (Å²) < 4.78 is 10.7. The summed E-state index contributed by atoms with van der Waals surface area (Å²) in [7, 11) is 0. The second-order valence-electron chi connectivity index (χ2n) is 9.37. The predicted molar refractivity (Wildman–Crippen MR) is 135 cm³/mol. The largest absolute Gasteiger partial charge is 0.454 e. The molecule has 1 aromatic heterocycles. The number of ether oxygens (including phenoxy) is 2. The number of fused-ring (bicyclic) bond motifs is 2. The molecule has 2 aliphatic heterocycles. The lowest BCUT2D eigenvalue weighted by atomic mass is 9.88. The van der Waals surface area contributed by atoms with Gasteiger partial charge in [-0.1, -0.05) is 31.4 Å². The molecule has 2 amide bonds. The van der Waals surface area contributed by atoms with Crippen LogP contribution in [0.25, 0.3) is 11.3 Å². The van der Waals surface area contributed by atoms with Gasteiger partial charge in [0.2, 0.25) is 18.6 Å². The lowest BCUT2D eigenvalue weighted by Crippen LogP contribution is -2.35. The quantitative estimate of drug-likeness (QED) is 0.534. The normalized spacial score (nSPS) is 16.9. The SMILES string of the molecule is O=C(Cc1ccc2c(c1)OCO2)Nc1nc(-c2ccc3c(c2)CCN3C(=O)C2CCCCC2)cs1. The highest BCUT2D eigenvalue weighted by molar-refractivity contribution is 7.14. The van der Waals surface area contributed by atoms with Crippen LogP contribution in [0.15, 0.2) is 41.8 Å². The molecule has 3 aromatic rings. The monoisotopic (exact) mass is 489 g/mol. The smallest absolute Gasteiger partial charge is 0.231 e. The van der Waals surface area contributed by atoms with Gasteiger partial charge in [-0.15, -0.1) is 11.3 Å². The van der Waals surface area contributed by atoms with Gasteiger partial charge < -0.3 is 19.7 Å². The molecule has 0 spiro atoms. The van der Waals surface area contributed by atoms with Gasteiger partial charge in [0.25, 0.3) is 0 Å². The Bertz CT molecular complexity index is 1280. The van der Waals surface area contributed by atoms with Gasteiger partial charge in [-0.3, -0.25) is 9.59 Å². The molecule has 180 valence electrons. The van der Waals surface area contributed by atoms with Crippen LogP contribution in [0.1, 0.15) is 43.2 Å². The van der Waals surface area contributed by atoms with Crippen LogP contribution in [0.4, 0.5) is 10.8 Å². The Morgan fingerprint density at radius 2 is 1.91 bits per heavy atom. The Balaban J connectivity index is 1.11. The number of aromatic nitrogens is 1. The maximum atomic E-state index is 13.1. The van der Waals surface area contributed by atoms with Gasteiger partial charge in [-0.2, -0.15) is 0 Å². The molecule has 0 bridgehead atoms. The number of benzene rings is 2. The summed E-state index contributed by atoms with van der Waals surface area (Å²) in [5.74, 6) is 1.71. The van der Waals surface area contributed by atoms with Crippen molar-refractivity contribution in [1.82, 2.24) is 4.98 Å². The number of hydrogen-bond acceptors (Lipinski definition) is 6. The number of amides is 2. The fourth-order valence-corrected chi connectivity index (χ4v) is 5.96. The molecule has 1 N–H and O–H groups in total. The van der Waals surface area contributed by atoms with Crippen LogP contribution in [0.2, 0.25) is 0 Å². The Morgan fingerprint density at radius 3 is 2.80 bits per heavy atom. The van der Waals surface area contributed by atoms with Gasteiger partial charge in [0.05, 0.1) is 12.1 Å². The number of nitrogens with zero attached hydrogens (tertiary/aromatic N) is 2. The number of hydrogen-bond donors (Lipinski definition) is 1. The van der Waals surface area contributed by atoms with Crippen LogP contribution in [-0.2, 0) is 22.4 Å². The first kappa shape index (κ1) is 22.1. The molecule has 6 rings (SSSR count). The fourth-order valence-electron chi connectivity index (χ4n) is 5.22. The van der Waals surface area contributed by atoms with E-state index in [2.05, 4.69) is 22.4 Å². The lowest BCUT2D eigenvalue weighted by molar-refractivity contribution is -0.123. The summed E-state index contributed by atoms with van der Waals surface area (Å²) in [5, 5.41) is 5.43. The van der Waals surface area contributed by atoms with Crippen molar-refractivity contribution in [3.05, 3.63) is 52.9 Å². The number of anilines is 2. The molecule has 3 heterocycles. The topological polar surface area (TPSA) is 80.8 Å². The highest BCUT2D eigenvalue weighted by atomic mass is 32.1. The van der Waals surface area contributed by atoms with Crippen molar-refractivity contribution in [2.24, 2.45) is 5.92 Å². The average molecular weight is 490 g/mol. The molecule has 0 radical (unpaired) electrons. The Labute approximate surface area is 208 Å². The van der Waals surface area contributed by atoms with Crippen LogP contribution in [-0.4, -0.2) is 30.1 Å². The van der Waals surface area contributed by atoms with Gasteiger partial charge in [0.1, 0.15) is 0 Å². The summed E-state index contributed by atoms with van der Waals surface area (Å²) >= 11 is 1.41. The molecule has 0 atom stereocenters. The highest BCUT2D eigenvalue weighted by Crippen LogP contribution is 2.36. The minimum absolute atomic E-state index is 0.129. The Kier molecular flexibility index (Phi) is 5.90. The predicted octanol–water partition coefficient (Wildman–Crippen LogP) is 5.19. The van der Waals surface area contributed by atoms with E-state index in [9.17, 15) is 9.59 Å². The maximum Gasteiger partial charge on any atom is 0.231 e. The van der Waals surface area contributed by atoms with Gasteiger partial charge in [-0.25, -0.2) is 4.98 Å². The number of carbonyl (C=O) groups is 2. The number of thiazole rings is 1. The molecule has 1 aliphatic carbocycles. The number of rotatable bonds is 5. The van der Waals surface area contributed by atoms with Crippen molar-refractivity contribution in [2.45, 2.75) is 44.9 Å². The van der Waals surface area contributed by atoms with Crippen LogP contribution in [0, 0.1) is 5.92 Å². The zero-order valence-corrected chi connectivity index (χ0v) is 20.2. The molecule has 7 nitrogen and oxygen atoms in total. The highest BCUT2D eigenvalue weighted by Gasteiger charge is 2.31. The summed E-state index contributed by atoms with van der Waals surface area (Å²) in [6.07, 6.45) is 6.71. The van der Waals surface area contributed by atoms with E-state index in [1.165, 1.54) is 23.3 Å². The standard InChI is InChI=1S/C27H27N3O4S/c31-25(13-17-6-9-23-24(12-17)34-16-33-23)29-27-28-21(15-35-27)19-7-8-22-20(14-19)10-11-30(22)26(32)18-4-2-1-3-5-18/h6-9,12,14-15,18H,1-5,10-11,13,16H2,(H,28,29,31). The van der Waals surface area contributed by atoms with Crippen LogP contribution in [0.3, 0.4) is 0 Å². The van der Waals surface area contributed by atoms with Gasteiger partial charge in [0, 0.05) is 29.1 Å². The van der Waals surface area contributed by atoms with Crippen LogP contribution >= 0.6 is 11.3 Å². The molecule has 0 saturated heterocycles. The summed E-state index contributed by atoms with van der Waals surface area (Å²) in [6.45, 7) is 0.969. The van der Waals surface area contributed by atoms with E-state index in [1.807, 2.05) is 34.5 Å². The van der Waals surface area contributed by atoms with Gasteiger partial charge in [-0.05, 0) is 54.7 Å². The zero-order chi connectivity index (χ0) is 23.8. The summed E-state index contributed by atoms with van der Waals surface area (Å²) in [5.41, 5.74) is 4.91. The van der Waals surface area contributed by atoms with Crippen molar-refractivity contribution in [1.29, 1.82) is 0 Å². The minimum Gasteiger partial charge on any atom is -0.454 e. The van der Waals surface area contributed by atoms with E-state index < -0.39 is 0 Å². The molecule has 0 unspecified atom stereocenters. The molecular formula is C27H27N3O4S. The van der Waals surface area contributed by atoms with E-state index in [0.717, 1.165) is 61.2 Å². The molecular weight excluding hydrogens is 462 g/mol. The third-order valence-electron chi connectivity index (χ3n) is 7.04. The van der Waals surface area contributed by atoms with Gasteiger partial charge in [0.15, 0.2) is 16.6 Å². The molecule has 3 aliphatic rings. The molecule has 1 saturated carbocycles. The first-order valence-electron chi connectivity index (χ1n) is 12.2. The van der Waals surface area contributed by atoms with Crippen molar-refractivity contribution < 1.29 is 19.1 Å². The molecule has 2 aromatic carbocycles. The van der Waals surface area contributed by atoms with Crippen LogP contribution in [0.5, 0.6) is 11.5 Å². The second-order valence-corrected chi connectivity index (χ2v) is 10.2. The van der Waals surface area contributed by atoms with Crippen molar-refractivity contribution in [3.8, 4) is 22.8 Å². The molecule has 1 fully saturated rings. The molecule has 35 heavy (non-hydrogen) atoms. The summed E-state index contributed by atoms with van der Waals surface area (Å²) in [4.78, 5) is 32.2. The van der Waals surface area contributed by atoms with E-state index in [-0.39, 0.29) is 30.9 Å². The first-order valence-corrected chi connectivity index (χ1v) is 13.1. The first-order chi connectivity index (χ1) is 17.1. The second kappa shape index (κ2) is 9.34. The van der Waals surface area contributed by atoms with E-state index in [1.54, 1.807) is 0 Å². The zero-order valence-electron chi connectivity index (χ0n) is 19.4. The summed E-state index contributed by atoms with van der Waals surface area (Å²) in [6, 6.07) is 11.7. The van der Waals surface area contributed by atoms with Crippen LogP contribution < -0.4 is 19.7 Å². The third-order valence-corrected chi connectivity index (χ3v) is 7.80. The van der Waals surface area contributed by atoms with E-state index in [4.69, 9.17) is 9.47 Å². The fraction of sp³-hybridized carbons (Fsp3) is 0.370. The Morgan fingerprint density at radius 1 is 1.06 bits per heavy atom. The Hall–Kier alpha value is -3.39. The molecule has 8 heteroatoms.